The highest BCUT2D eigenvalue weighted by molar-refractivity contribution is 5.79. The molecular weight excluding hydrogens is 204 g/mol. The summed E-state index contributed by atoms with van der Waals surface area (Å²) in [5, 5.41) is 13.0. The van der Waals surface area contributed by atoms with E-state index in [0.29, 0.717) is 0 Å². The monoisotopic (exact) mass is 226 g/mol. The van der Waals surface area contributed by atoms with Gasteiger partial charge in [-0.25, -0.2) is 0 Å². The van der Waals surface area contributed by atoms with Gasteiger partial charge in [-0.15, -0.1) is 0 Å². The van der Waals surface area contributed by atoms with E-state index in [-0.39, 0.29) is 23.8 Å². The molecule has 2 saturated heterocycles. The fourth-order valence-electron chi connectivity index (χ4n) is 2.74. The van der Waals surface area contributed by atoms with E-state index < -0.39 is 0 Å². The van der Waals surface area contributed by atoms with Crippen molar-refractivity contribution < 1.29 is 9.90 Å². The molecule has 0 saturated carbocycles. The molecule has 2 rings (SSSR count). The number of rotatable bonds is 2. The molecule has 0 radical (unpaired) electrons. The highest BCUT2D eigenvalue weighted by Crippen LogP contribution is 2.22. The number of hydrogen-bond donors (Lipinski definition) is 2. The molecule has 4 nitrogen and oxygen atoms in total. The number of aliphatic hydroxyl groups is 1. The third-order valence-electron chi connectivity index (χ3n) is 3.94. The standard InChI is InChI=1S/C12H22N2O2/c1-2-9-8-14(6-4-11(9)15)12(16)10-3-5-13-7-10/h9-11,13,15H,2-8H2,1H3/t9-,10-,11+/m1/s1. The van der Waals surface area contributed by atoms with Gasteiger partial charge < -0.3 is 15.3 Å². The molecule has 92 valence electrons. The van der Waals surface area contributed by atoms with E-state index in [0.717, 1.165) is 45.4 Å². The van der Waals surface area contributed by atoms with Gasteiger partial charge in [-0.05, 0) is 25.8 Å². The lowest BCUT2D eigenvalue weighted by Crippen LogP contribution is -2.48. The van der Waals surface area contributed by atoms with Crippen molar-refractivity contribution in [3.63, 3.8) is 0 Å². The number of carbonyl (C=O) groups is 1. The van der Waals surface area contributed by atoms with Gasteiger partial charge in [-0.3, -0.25) is 4.79 Å². The Morgan fingerprint density at radius 2 is 2.31 bits per heavy atom. The zero-order valence-electron chi connectivity index (χ0n) is 9.98. The molecule has 2 aliphatic heterocycles. The van der Waals surface area contributed by atoms with Crippen molar-refractivity contribution in [3.8, 4) is 0 Å². The quantitative estimate of drug-likeness (QED) is 0.708. The summed E-state index contributed by atoms with van der Waals surface area (Å²) in [6.45, 7) is 5.34. The van der Waals surface area contributed by atoms with E-state index in [1.165, 1.54) is 0 Å². The van der Waals surface area contributed by atoms with Crippen LogP contribution in [0.4, 0.5) is 0 Å². The first-order valence-corrected chi connectivity index (χ1v) is 6.40. The third-order valence-corrected chi connectivity index (χ3v) is 3.94. The van der Waals surface area contributed by atoms with Crippen molar-refractivity contribution >= 4 is 5.91 Å². The molecule has 0 bridgehead atoms. The van der Waals surface area contributed by atoms with Crippen LogP contribution in [0.25, 0.3) is 0 Å². The number of piperidine rings is 1. The van der Waals surface area contributed by atoms with E-state index >= 15 is 0 Å². The summed E-state index contributed by atoms with van der Waals surface area (Å²) in [4.78, 5) is 14.1. The normalized spacial score (nSPS) is 35.4. The molecule has 3 atom stereocenters. The smallest absolute Gasteiger partial charge is 0.227 e. The Labute approximate surface area is 97.0 Å². The molecule has 2 heterocycles. The summed E-state index contributed by atoms with van der Waals surface area (Å²) in [6.07, 6.45) is 2.45. The highest BCUT2D eigenvalue weighted by Gasteiger charge is 2.33. The summed E-state index contributed by atoms with van der Waals surface area (Å²) in [5.41, 5.74) is 0. The fraction of sp³-hybridized carbons (Fsp3) is 0.917. The van der Waals surface area contributed by atoms with Crippen LogP contribution in [0, 0.1) is 11.8 Å². The van der Waals surface area contributed by atoms with Crippen molar-refractivity contribution in [2.45, 2.75) is 32.3 Å². The number of carbonyl (C=O) groups excluding carboxylic acids is 1. The lowest BCUT2D eigenvalue weighted by Gasteiger charge is -2.37. The predicted octanol–water partition coefficient (Wildman–Crippen LogP) is 0.215. The van der Waals surface area contributed by atoms with E-state index in [2.05, 4.69) is 12.2 Å². The van der Waals surface area contributed by atoms with Crippen LogP contribution < -0.4 is 5.32 Å². The number of nitrogens with zero attached hydrogens (tertiary/aromatic N) is 1. The van der Waals surface area contributed by atoms with E-state index in [9.17, 15) is 9.90 Å². The van der Waals surface area contributed by atoms with Crippen LogP contribution in [-0.4, -0.2) is 48.2 Å². The van der Waals surface area contributed by atoms with Gasteiger partial charge in [0.1, 0.15) is 0 Å². The lowest BCUT2D eigenvalue weighted by molar-refractivity contribution is -0.138. The second kappa shape index (κ2) is 5.15. The molecular formula is C12H22N2O2. The summed E-state index contributed by atoms with van der Waals surface area (Å²) >= 11 is 0. The molecule has 16 heavy (non-hydrogen) atoms. The number of nitrogens with one attached hydrogen (secondary N) is 1. The average molecular weight is 226 g/mol. The van der Waals surface area contributed by atoms with Gasteiger partial charge >= 0.3 is 0 Å². The van der Waals surface area contributed by atoms with Gasteiger partial charge in [0.05, 0.1) is 12.0 Å². The minimum atomic E-state index is -0.212. The van der Waals surface area contributed by atoms with Crippen molar-refractivity contribution in [2.24, 2.45) is 11.8 Å². The highest BCUT2D eigenvalue weighted by atomic mass is 16.3. The Morgan fingerprint density at radius 3 is 2.94 bits per heavy atom. The van der Waals surface area contributed by atoms with Gasteiger partial charge in [0, 0.05) is 25.6 Å². The van der Waals surface area contributed by atoms with Gasteiger partial charge in [-0.1, -0.05) is 6.92 Å². The number of likely N-dealkylation sites (tertiary alicyclic amines) is 1. The zero-order chi connectivity index (χ0) is 11.5. The average Bonchev–Trinajstić information content (AvgIpc) is 2.82. The van der Waals surface area contributed by atoms with E-state index in [1.54, 1.807) is 0 Å². The Bertz CT molecular complexity index is 251. The number of hydrogen-bond acceptors (Lipinski definition) is 3. The zero-order valence-corrected chi connectivity index (χ0v) is 9.98. The Morgan fingerprint density at radius 1 is 1.50 bits per heavy atom. The topological polar surface area (TPSA) is 52.6 Å². The van der Waals surface area contributed by atoms with Crippen molar-refractivity contribution in [1.29, 1.82) is 0 Å². The Balaban J connectivity index is 1.91. The van der Waals surface area contributed by atoms with Gasteiger partial charge in [0.25, 0.3) is 0 Å². The van der Waals surface area contributed by atoms with Crippen molar-refractivity contribution in [1.82, 2.24) is 10.2 Å². The Kier molecular flexibility index (Phi) is 3.82. The largest absolute Gasteiger partial charge is 0.393 e. The van der Waals surface area contributed by atoms with Crippen LogP contribution in [0.5, 0.6) is 0 Å². The van der Waals surface area contributed by atoms with E-state index in [4.69, 9.17) is 0 Å². The molecule has 0 aliphatic carbocycles. The van der Waals surface area contributed by atoms with Crippen LogP contribution in [0.3, 0.4) is 0 Å². The first-order valence-electron chi connectivity index (χ1n) is 6.40. The van der Waals surface area contributed by atoms with E-state index in [1.807, 2.05) is 4.90 Å². The van der Waals surface area contributed by atoms with Gasteiger partial charge in [0.15, 0.2) is 0 Å². The summed E-state index contributed by atoms with van der Waals surface area (Å²) < 4.78 is 0. The molecule has 0 unspecified atom stereocenters. The maximum Gasteiger partial charge on any atom is 0.227 e. The maximum absolute atomic E-state index is 12.2. The molecule has 2 fully saturated rings. The molecule has 0 aromatic carbocycles. The lowest BCUT2D eigenvalue weighted by atomic mass is 9.91. The Hall–Kier alpha value is -0.610. The van der Waals surface area contributed by atoms with Crippen LogP contribution in [0.2, 0.25) is 0 Å². The minimum Gasteiger partial charge on any atom is -0.393 e. The number of aliphatic hydroxyl groups excluding tert-OH is 1. The maximum atomic E-state index is 12.2. The molecule has 2 N–H and O–H groups in total. The summed E-state index contributed by atoms with van der Waals surface area (Å²) in [5.74, 6) is 0.732. The molecule has 0 aromatic rings. The first kappa shape index (κ1) is 11.9. The molecule has 0 spiro atoms. The second-order valence-electron chi connectivity index (χ2n) is 5.00. The van der Waals surface area contributed by atoms with Crippen molar-refractivity contribution in [2.75, 3.05) is 26.2 Å². The van der Waals surface area contributed by atoms with Crippen LogP contribution in [-0.2, 0) is 4.79 Å². The second-order valence-corrected chi connectivity index (χ2v) is 5.00. The van der Waals surface area contributed by atoms with Crippen molar-refractivity contribution in [3.05, 3.63) is 0 Å². The summed E-state index contributed by atoms with van der Waals surface area (Å²) in [7, 11) is 0. The third kappa shape index (κ3) is 2.38. The number of amides is 1. The van der Waals surface area contributed by atoms with Crippen LogP contribution >= 0.6 is 0 Å². The van der Waals surface area contributed by atoms with Gasteiger partial charge in [-0.2, -0.15) is 0 Å². The SMILES string of the molecule is CC[C@@H]1CN(C(=O)[C@@H]2CCNC2)CC[C@@H]1O. The first-order chi connectivity index (χ1) is 7.72. The van der Waals surface area contributed by atoms with Crippen LogP contribution in [0.1, 0.15) is 26.2 Å². The molecule has 0 aromatic heterocycles. The van der Waals surface area contributed by atoms with Crippen LogP contribution in [0.15, 0.2) is 0 Å². The summed E-state index contributed by atoms with van der Waals surface area (Å²) in [6, 6.07) is 0. The molecule has 1 amide bonds. The minimum absolute atomic E-state index is 0.174. The molecule has 4 heteroatoms. The fourth-order valence-corrected chi connectivity index (χ4v) is 2.74. The predicted molar refractivity (Wildman–Crippen MR) is 62.0 cm³/mol. The van der Waals surface area contributed by atoms with Gasteiger partial charge in [0.2, 0.25) is 5.91 Å². The molecule has 2 aliphatic rings.